The fraction of sp³-hybridized carbons (Fsp3) is 0.500. The lowest BCUT2D eigenvalue weighted by Gasteiger charge is -2.27. The normalized spacial score (nSPS) is 27.4. The quantitative estimate of drug-likeness (QED) is 0.466. The van der Waals surface area contributed by atoms with E-state index in [-0.39, 0.29) is 6.54 Å². The molecule has 2 aliphatic rings. The topological polar surface area (TPSA) is 103 Å². The molecule has 2 heterocycles. The van der Waals surface area contributed by atoms with Gasteiger partial charge < -0.3 is 10.2 Å². The Bertz CT molecular complexity index is 898. The summed E-state index contributed by atoms with van der Waals surface area (Å²) >= 11 is 0. The zero-order valence-corrected chi connectivity index (χ0v) is 17.7. The molecule has 4 atom stereocenters. The summed E-state index contributed by atoms with van der Waals surface area (Å²) in [5.74, 6) is 0.919. The van der Waals surface area contributed by atoms with Crippen LogP contribution in [0.3, 0.4) is 0 Å². The number of nitrogens with zero attached hydrogens (tertiary/aromatic N) is 2. The van der Waals surface area contributed by atoms with Gasteiger partial charge in [0.25, 0.3) is 0 Å². The third kappa shape index (κ3) is 5.25. The summed E-state index contributed by atoms with van der Waals surface area (Å²) in [5, 5.41) is 21.7. The monoisotopic (exact) mass is 431 g/mol. The number of aliphatic hydroxyl groups excluding tert-OH is 1. The Morgan fingerprint density at radius 1 is 1.10 bits per heavy atom. The van der Waals surface area contributed by atoms with Gasteiger partial charge in [-0.1, -0.05) is 36.4 Å². The molecule has 0 bridgehead atoms. The largest absolute Gasteiger partial charge is 0.390 e. The summed E-state index contributed by atoms with van der Waals surface area (Å²) in [7, 11) is -2.63. The Labute approximate surface area is 178 Å². The van der Waals surface area contributed by atoms with E-state index in [0.29, 0.717) is 30.5 Å². The van der Waals surface area contributed by atoms with Crippen LogP contribution in [0.2, 0.25) is 0 Å². The van der Waals surface area contributed by atoms with E-state index in [2.05, 4.69) is 26.7 Å². The van der Waals surface area contributed by atoms with Crippen LogP contribution in [0, 0.1) is 11.8 Å². The van der Waals surface area contributed by atoms with Gasteiger partial charge in [-0.05, 0) is 41.9 Å². The number of likely N-dealkylation sites (tertiary alicyclic amines) is 1. The Kier molecular flexibility index (Phi) is 6.50. The van der Waals surface area contributed by atoms with Gasteiger partial charge in [0.1, 0.15) is 6.10 Å². The van der Waals surface area contributed by atoms with E-state index in [1.807, 2.05) is 18.2 Å². The molecule has 4 rings (SSSR count). The van der Waals surface area contributed by atoms with Crippen LogP contribution in [0.25, 0.3) is 0 Å². The van der Waals surface area contributed by atoms with Crippen molar-refractivity contribution in [3.05, 3.63) is 65.5 Å². The Balaban J connectivity index is 1.28. The van der Waals surface area contributed by atoms with Crippen LogP contribution in [-0.2, 0) is 23.9 Å². The lowest BCUT2D eigenvalue weighted by molar-refractivity contribution is 0.0327. The van der Waals surface area contributed by atoms with Crippen molar-refractivity contribution < 1.29 is 18.6 Å². The molecule has 1 saturated heterocycles. The predicted octanol–water partition coefficient (Wildman–Crippen LogP) is 1.05. The summed E-state index contributed by atoms with van der Waals surface area (Å²) in [6.07, 6.45) is 3.22. The lowest BCUT2D eigenvalue weighted by Crippen LogP contribution is -2.33. The number of hydrogen-bond acceptors (Lipinski definition) is 6. The molecule has 1 aliphatic carbocycles. The van der Waals surface area contributed by atoms with E-state index < -0.39 is 22.6 Å². The zero-order chi connectivity index (χ0) is 21.1. The van der Waals surface area contributed by atoms with Crippen LogP contribution in [0.4, 0.5) is 0 Å². The molecule has 30 heavy (non-hydrogen) atoms. The van der Waals surface area contributed by atoms with Crippen molar-refractivity contribution in [3.8, 4) is 0 Å². The van der Waals surface area contributed by atoms with Gasteiger partial charge in [-0.2, -0.15) is 0 Å². The van der Waals surface area contributed by atoms with Crippen LogP contribution < -0.4 is 4.72 Å². The molecule has 0 amide bonds. The fourth-order valence-corrected chi connectivity index (χ4v) is 5.37. The van der Waals surface area contributed by atoms with Crippen LogP contribution in [-0.4, -0.2) is 53.8 Å². The molecule has 3 N–H and O–H groups in total. The van der Waals surface area contributed by atoms with E-state index in [9.17, 15) is 18.6 Å². The molecule has 1 unspecified atom stereocenters. The predicted molar refractivity (Wildman–Crippen MR) is 114 cm³/mol. The molecular formula is C22H29N3O4S. The van der Waals surface area contributed by atoms with Gasteiger partial charge in [0.05, 0.1) is 11.3 Å². The summed E-state index contributed by atoms with van der Waals surface area (Å²) in [5.41, 5.74) is 1.89. The van der Waals surface area contributed by atoms with E-state index in [4.69, 9.17) is 0 Å². The van der Waals surface area contributed by atoms with Gasteiger partial charge >= 0.3 is 0 Å². The van der Waals surface area contributed by atoms with Crippen molar-refractivity contribution in [1.29, 1.82) is 0 Å². The van der Waals surface area contributed by atoms with Crippen LogP contribution in [0.1, 0.15) is 35.8 Å². The molecule has 7 nitrogen and oxygen atoms in total. The summed E-state index contributed by atoms with van der Waals surface area (Å²) in [4.78, 5) is 6.55. The second-order valence-corrected chi connectivity index (χ2v) is 9.56. The molecular weight excluding hydrogens is 402 g/mol. The highest BCUT2D eigenvalue weighted by molar-refractivity contribution is 7.70. The Morgan fingerprint density at radius 2 is 1.80 bits per heavy atom. The van der Waals surface area contributed by atoms with Crippen molar-refractivity contribution in [3.63, 3.8) is 0 Å². The SMILES string of the molecule is O=[SH](=O)NCc1ccc(C(O)CN2C[C@@H]3C[C@@](O)(Cc4ccccc4)C[C@@H]3C2)nc1. The van der Waals surface area contributed by atoms with Gasteiger partial charge in [0.15, 0.2) is 0 Å². The molecule has 0 radical (unpaired) electrons. The maximum Gasteiger partial charge on any atom is 0.201 e. The van der Waals surface area contributed by atoms with Crippen molar-refractivity contribution >= 4 is 10.9 Å². The number of benzene rings is 1. The molecule has 1 aliphatic heterocycles. The molecule has 2 aromatic rings. The van der Waals surface area contributed by atoms with E-state index in [1.165, 1.54) is 5.56 Å². The van der Waals surface area contributed by atoms with Gasteiger partial charge in [-0.25, -0.2) is 13.1 Å². The number of hydrogen-bond donors (Lipinski definition) is 4. The Morgan fingerprint density at radius 3 is 2.40 bits per heavy atom. The molecule has 8 heteroatoms. The first-order valence-electron chi connectivity index (χ1n) is 10.4. The second-order valence-electron chi connectivity index (χ2n) is 8.73. The highest BCUT2D eigenvalue weighted by atomic mass is 32.2. The average Bonchev–Trinajstić information content (AvgIpc) is 3.21. The van der Waals surface area contributed by atoms with Gasteiger partial charge in [0.2, 0.25) is 10.9 Å². The minimum absolute atomic E-state index is 0.198. The number of β-amino-alcohol motifs (C(OH)–C–C–N with tert-alkyl or cyclic N) is 1. The number of aliphatic hydroxyl groups is 2. The maximum absolute atomic E-state index is 11.1. The second kappa shape index (κ2) is 9.11. The number of aromatic nitrogens is 1. The smallest absolute Gasteiger partial charge is 0.201 e. The van der Waals surface area contributed by atoms with Crippen molar-refractivity contribution in [2.45, 2.75) is 37.5 Å². The van der Waals surface area contributed by atoms with Crippen molar-refractivity contribution in [2.24, 2.45) is 11.8 Å². The molecule has 1 aromatic heterocycles. The van der Waals surface area contributed by atoms with Gasteiger partial charge in [-0.3, -0.25) is 9.88 Å². The van der Waals surface area contributed by atoms with Crippen LogP contribution in [0.15, 0.2) is 48.7 Å². The number of fused-ring (bicyclic) bond motifs is 1. The third-order valence-electron chi connectivity index (χ3n) is 6.34. The summed E-state index contributed by atoms with van der Waals surface area (Å²) in [6, 6.07) is 13.7. The maximum atomic E-state index is 11.1. The van der Waals surface area contributed by atoms with Crippen molar-refractivity contribution in [1.82, 2.24) is 14.6 Å². The zero-order valence-electron chi connectivity index (χ0n) is 16.9. The first-order chi connectivity index (χ1) is 14.4. The van der Waals surface area contributed by atoms with E-state index in [0.717, 1.165) is 31.5 Å². The highest BCUT2D eigenvalue weighted by Gasteiger charge is 2.48. The van der Waals surface area contributed by atoms with Gasteiger partial charge in [0, 0.05) is 38.8 Å². The fourth-order valence-electron chi connectivity index (χ4n) is 5.06. The van der Waals surface area contributed by atoms with E-state index >= 15 is 0 Å². The average molecular weight is 432 g/mol. The standard InChI is InChI=1S/C22H29N3O4S/c26-21(20-7-6-17(11-23-20)12-24-30(28)29)15-25-13-18-9-22(27,10-19(18)14-25)8-16-4-2-1-3-5-16/h1-7,11,18-19,21,26-27,30H,8-10,12-15H2,(H,24,28,29)/t18-,19+,21?,22-. The molecule has 1 saturated carbocycles. The summed E-state index contributed by atoms with van der Waals surface area (Å²) in [6.45, 7) is 2.49. The number of pyridine rings is 1. The first kappa shape index (κ1) is 21.4. The number of thiol groups is 1. The third-order valence-corrected chi connectivity index (χ3v) is 6.76. The minimum Gasteiger partial charge on any atom is -0.390 e. The van der Waals surface area contributed by atoms with Crippen LogP contribution >= 0.6 is 0 Å². The van der Waals surface area contributed by atoms with Crippen LogP contribution in [0.5, 0.6) is 0 Å². The van der Waals surface area contributed by atoms with E-state index in [1.54, 1.807) is 18.3 Å². The molecule has 0 spiro atoms. The minimum atomic E-state index is -2.63. The van der Waals surface area contributed by atoms with Gasteiger partial charge in [-0.15, -0.1) is 0 Å². The number of nitrogens with one attached hydrogen (secondary N) is 1. The molecule has 1 aromatic carbocycles. The molecule has 2 fully saturated rings. The first-order valence-corrected chi connectivity index (χ1v) is 11.6. The highest BCUT2D eigenvalue weighted by Crippen LogP contribution is 2.45. The summed E-state index contributed by atoms with van der Waals surface area (Å²) < 4.78 is 23.5. The Hall–Kier alpha value is -1.84. The lowest BCUT2D eigenvalue weighted by atomic mass is 9.91. The molecule has 162 valence electrons. The number of rotatable bonds is 8. The van der Waals surface area contributed by atoms with Crippen molar-refractivity contribution in [2.75, 3.05) is 19.6 Å².